The number of hydrogen-bond acceptors (Lipinski definition) is 5. The predicted octanol–water partition coefficient (Wildman–Crippen LogP) is 1.51. The lowest BCUT2D eigenvalue weighted by molar-refractivity contribution is -0.0113. The first-order chi connectivity index (χ1) is 10.9. The second kappa shape index (κ2) is 5.73. The summed E-state index contributed by atoms with van der Waals surface area (Å²) in [6, 6.07) is 4.61. The van der Waals surface area contributed by atoms with E-state index in [0.717, 1.165) is 24.9 Å². The van der Waals surface area contributed by atoms with Crippen molar-refractivity contribution >= 4 is 12.1 Å². The number of carboxylic acid groups (broad SMARTS) is 1. The Kier molecular flexibility index (Phi) is 3.89. The summed E-state index contributed by atoms with van der Waals surface area (Å²) < 4.78 is 5.56. The Bertz CT molecular complexity index is 647. The first-order valence-corrected chi connectivity index (χ1v) is 7.60. The highest BCUT2D eigenvalue weighted by Crippen LogP contribution is 2.32. The number of benzene rings is 1. The number of aromatic carboxylic acids is 1. The second-order valence-electron chi connectivity index (χ2n) is 6.38. The number of phenols is 1. The van der Waals surface area contributed by atoms with Crippen LogP contribution in [0, 0.1) is 0 Å². The number of piperidine rings is 1. The summed E-state index contributed by atoms with van der Waals surface area (Å²) in [6.07, 6.45) is 1.48. The largest absolute Gasteiger partial charge is 0.507 e. The van der Waals surface area contributed by atoms with Gasteiger partial charge in [0, 0.05) is 20.1 Å². The van der Waals surface area contributed by atoms with Crippen LogP contribution >= 0.6 is 0 Å². The number of ether oxygens (including phenoxy) is 1. The summed E-state index contributed by atoms with van der Waals surface area (Å²) in [5, 5.41) is 18.7. The molecule has 7 nitrogen and oxygen atoms in total. The smallest absolute Gasteiger partial charge is 0.410 e. The third-order valence-electron chi connectivity index (χ3n) is 4.46. The van der Waals surface area contributed by atoms with Gasteiger partial charge in [-0.25, -0.2) is 9.59 Å². The Hall–Kier alpha value is -2.28. The van der Waals surface area contributed by atoms with Gasteiger partial charge in [-0.15, -0.1) is 0 Å². The van der Waals surface area contributed by atoms with Crippen LogP contribution in [0.25, 0.3) is 0 Å². The van der Waals surface area contributed by atoms with Gasteiger partial charge in [-0.05, 0) is 37.1 Å². The average molecular weight is 320 g/mol. The molecular weight excluding hydrogens is 300 g/mol. The highest BCUT2D eigenvalue weighted by Gasteiger charge is 2.46. The zero-order valence-corrected chi connectivity index (χ0v) is 13.0. The molecule has 2 aliphatic rings. The van der Waals surface area contributed by atoms with Crippen LogP contribution in [0.4, 0.5) is 4.79 Å². The van der Waals surface area contributed by atoms with E-state index in [4.69, 9.17) is 9.84 Å². The van der Waals surface area contributed by atoms with Crippen LogP contribution in [0.2, 0.25) is 0 Å². The second-order valence-corrected chi connectivity index (χ2v) is 6.38. The van der Waals surface area contributed by atoms with Crippen molar-refractivity contribution in [1.29, 1.82) is 0 Å². The van der Waals surface area contributed by atoms with Crippen LogP contribution in [-0.2, 0) is 11.3 Å². The van der Waals surface area contributed by atoms with Crippen LogP contribution in [0.5, 0.6) is 5.75 Å². The van der Waals surface area contributed by atoms with E-state index in [1.165, 1.54) is 12.1 Å². The molecule has 0 unspecified atom stereocenters. The molecule has 0 saturated carbocycles. The molecule has 2 saturated heterocycles. The van der Waals surface area contributed by atoms with Gasteiger partial charge in [0.1, 0.15) is 16.9 Å². The minimum Gasteiger partial charge on any atom is -0.507 e. The van der Waals surface area contributed by atoms with Crippen LogP contribution in [0.15, 0.2) is 18.2 Å². The molecule has 7 heteroatoms. The van der Waals surface area contributed by atoms with E-state index in [1.807, 2.05) is 0 Å². The summed E-state index contributed by atoms with van der Waals surface area (Å²) in [5.74, 6) is -1.38. The number of aromatic hydroxyl groups is 1. The van der Waals surface area contributed by atoms with Gasteiger partial charge in [-0.1, -0.05) is 6.07 Å². The lowest BCUT2D eigenvalue weighted by Crippen LogP contribution is -2.50. The summed E-state index contributed by atoms with van der Waals surface area (Å²) in [6.45, 7) is 2.64. The fourth-order valence-corrected chi connectivity index (χ4v) is 3.44. The van der Waals surface area contributed by atoms with Crippen molar-refractivity contribution in [2.75, 3.05) is 26.7 Å². The Labute approximate surface area is 134 Å². The van der Waals surface area contributed by atoms with Crippen molar-refractivity contribution in [3.8, 4) is 5.75 Å². The molecule has 1 atom stereocenters. The maximum atomic E-state index is 11.7. The quantitative estimate of drug-likeness (QED) is 0.877. The normalized spacial score (nSPS) is 24.9. The molecule has 1 spiro atoms. The Balaban J connectivity index is 1.72. The molecule has 23 heavy (non-hydrogen) atoms. The Morgan fingerprint density at radius 1 is 1.39 bits per heavy atom. The minimum absolute atomic E-state index is 0.0961. The number of likely N-dealkylation sites (tertiary alicyclic amines) is 1. The zero-order valence-electron chi connectivity index (χ0n) is 13.0. The van der Waals surface area contributed by atoms with Crippen LogP contribution in [0.3, 0.4) is 0 Å². The predicted molar refractivity (Wildman–Crippen MR) is 81.4 cm³/mol. The molecule has 2 heterocycles. The van der Waals surface area contributed by atoms with Gasteiger partial charge < -0.3 is 19.8 Å². The summed E-state index contributed by atoms with van der Waals surface area (Å²) in [7, 11) is 1.73. The molecule has 0 bridgehead atoms. The van der Waals surface area contributed by atoms with Gasteiger partial charge in [0.2, 0.25) is 0 Å². The number of carbonyl (C=O) groups is 2. The first kappa shape index (κ1) is 15.6. The molecule has 1 amide bonds. The maximum Gasteiger partial charge on any atom is 0.410 e. The highest BCUT2D eigenvalue weighted by molar-refractivity contribution is 5.90. The number of amides is 1. The standard InChI is InChI=1S/C16H20N2O5/c1-17-9-16(23-15(17)22)5-2-6-18(10-16)8-11-3-4-13(19)12(7-11)14(20)21/h3-4,7,19H,2,5-6,8-10H2,1H3,(H,20,21)/t16-/m0/s1. The molecule has 1 aromatic rings. The van der Waals surface area contributed by atoms with Gasteiger partial charge in [-0.2, -0.15) is 0 Å². The lowest BCUT2D eigenvalue weighted by Gasteiger charge is -2.38. The molecule has 2 N–H and O–H groups in total. The van der Waals surface area contributed by atoms with Crippen molar-refractivity contribution < 1.29 is 24.5 Å². The van der Waals surface area contributed by atoms with Crippen LogP contribution in [-0.4, -0.2) is 64.4 Å². The molecule has 2 aliphatic heterocycles. The van der Waals surface area contributed by atoms with E-state index in [9.17, 15) is 14.7 Å². The number of carbonyl (C=O) groups excluding carboxylic acids is 1. The highest BCUT2D eigenvalue weighted by atomic mass is 16.6. The van der Waals surface area contributed by atoms with E-state index in [2.05, 4.69) is 4.90 Å². The molecule has 0 radical (unpaired) electrons. The molecule has 1 aromatic carbocycles. The summed E-state index contributed by atoms with van der Waals surface area (Å²) >= 11 is 0. The van der Waals surface area contributed by atoms with Crippen molar-refractivity contribution in [2.45, 2.75) is 25.0 Å². The van der Waals surface area contributed by atoms with Gasteiger partial charge >= 0.3 is 12.1 Å². The van der Waals surface area contributed by atoms with E-state index >= 15 is 0 Å². The molecule has 3 rings (SSSR count). The van der Waals surface area contributed by atoms with Gasteiger partial charge in [0.05, 0.1) is 6.54 Å². The number of rotatable bonds is 3. The summed E-state index contributed by atoms with van der Waals surface area (Å²) in [4.78, 5) is 26.5. The minimum atomic E-state index is -1.15. The lowest BCUT2D eigenvalue weighted by atomic mass is 9.92. The number of carboxylic acids is 1. The first-order valence-electron chi connectivity index (χ1n) is 7.60. The average Bonchev–Trinajstić information content (AvgIpc) is 2.74. The third-order valence-corrected chi connectivity index (χ3v) is 4.46. The Morgan fingerprint density at radius 3 is 2.83 bits per heavy atom. The van der Waals surface area contributed by atoms with Crippen LogP contribution < -0.4 is 0 Å². The third kappa shape index (κ3) is 3.10. The molecular formula is C16H20N2O5. The molecule has 0 aliphatic carbocycles. The van der Waals surface area contributed by atoms with Crippen molar-refractivity contribution in [2.24, 2.45) is 0 Å². The maximum absolute atomic E-state index is 11.7. The SMILES string of the molecule is CN1C[C@]2(CCCN(Cc3ccc(O)c(C(=O)O)c3)C2)OC1=O. The van der Waals surface area contributed by atoms with Crippen molar-refractivity contribution in [3.05, 3.63) is 29.3 Å². The van der Waals surface area contributed by atoms with E-state index in [0.29, 0.717) is 19.6 Å². The van der Waals surface area contributed by atoms with E-state index in [-0.39, 0.29) is 17.4 Å². The van der Waals surface area contributed by atoms with Crippen molar-refractivity contribution in [3.63, 3.8) is 0 Å². The fourth-order valence-electron chi connectivity index (χ4n) is 3.44. The number of likely N-dealkylation sites (N-methyl/N-ethyl adjacent to an activating group) is 1. The van der Waals surface area contributed by atoms with Gasteiger partial charge in [0.25, 0.3) is 0 Å². The number of hydrogen-bond donors (Lipinski definition) is 2. The molecule has 124 valence electrons. The monoisotopic (exact) mass is 320 g/mol. The van der Waals surface area contributed by atoms with E-state index < -0.39 is 11.6 Å². The number of nitrogens with zero attached hydrogens (tertiary/aromatic N) is 2. The van der Waals surface area contributed by atoms with Crippen LogP contribution in [0.1, 0.15) is 28.8 Å². The Morgan fingerprint density at radius 2 is 2.17 bits per heavy atom. The fraction of sp³-hybridized carbons (Fsp3) is 0.500. The van der Waals surface area contributed by atoms with Gasteiger partial charge in [-0.3, -0.25) is 4.90 Å². The van der Waals surface area contributed by atoms with E-state index in [1.54, 1.807) is 18.0 Å². The summed E-state index contributed by atoms with van der Waals surface area (Å²) in [5.41, 5.74) is 0.257. The topological polar surface area (TPSA) is 90.3 Å². The zero-order chi connectivity index (χ0) is 16.6. The molecule has 0 aromatic heterocycles. The molecule has 2 fully saturated rings. The van der Waals surface area contributed by atoms with Gasteiger partial charge in [0.15, 0.2) is 0 Å². The van der Waals surface area contributed by atoms with Crippen molar-refractivity contribution in [1.82, 2.24) is 9.80 Å².